The second kappa shape index (κ2) is 4.71. The topological polar surface area (TPSA) is 23.6 Å². The zero-order valence-electron chi connectivity index (χ0n) is 12.1. The van der Waals surface area contributed by atoms with Crippen LogP contribution >= 0.6 is 0 Å². The number of nitrogens with zero attached hydrogens (tertiary/aromatic N) is 2. The van der Waals surface area contributed by atoms with Gasteiger partial charge in [-0.2, -0.15) is 0 Å². The Labute approximate surface area is 124 Å². The van der Waals surface area contributed by atoms with Crippen LogP contribution in [0.2, 0.25) is 0 Å². The van der Waals surface area contributed by atoms with Crippen LogP contribution in [0.15, 0.2) is 48.5 Å². The largest absolute Gasteiger partial charge is 0.298 e. The van der Waals surface area contributed by atoms with Crippen molar-refractivity contribution in [1.29, 1.82) is 0 Å². The quantitative estimate of drug-likeness (QED) is 0.801. The van der Waals surface area contributed by atoms with Crippen molar-refractivity contribution in [3.63, 3.8) is 0 Å². The Morgan fingerprint density at radius 3 is 2.48 bits per heavy atom. The number of amides is 1. The molecule has 2 aromatic rings. The van der Waals surface area contributed by atoms with E-state index >= 15 is 0 Å². The van der Waals surface area contributed by atoms with Crippen LogP contribution in [-0.2, 0) is 17.8 Å². The lowest BCUT2D eigenvalue weighted by Crippen LogP contribution is -2.38. The molecule has 3 nitrogen and oxygen atoms in total. The highest BCUT2D eigenvalue weighted by Gasteiger charge is 2.41. The number of rotatable bonds is 1. The van der Waals surface area contributed by atoms with Crippen molar-refractivity contribution >= 4 is 11.6 Å². The van der Waals surface area contributed by atoms with E-state index in [1.165, 1.54) is 16.7 Å². The first-order chi connectivity index (χ1) is 10.2. The number of hydrogen-bond donors (Lipinski definition) is 0. The molecule has 0 radical (unpaired) electrons. The van der Waals surface area contributed by atoms with E-state index in [1.807, 2.05) is 17.0 Å². The van der Waals surface area contributed by atoms with Gasteiger partial charge in [0.25, 0.3) is 0 Å². The molecule has 1 unspecified atom stereocenters. The number of fused-ring (bicyclic) bond motifs is 2. The molecule has 0 aromatic heterocycles. The SMILES string of the molecule is Cc1ccc(N2CN3Cc4ccccc4CC3C2=O)cc1. The Bertz CT molecular complexity index is 693. The van der Waals surface area contributed by atoms with Crippen molar-refractivity contribution in [2.24, 2.45) is 0 Å². The van der Waals surface area contributed by atoms with Crippen molar-refractivity contribution in [3.05, 3.63) is 65.2 Å². The Kier molecular flexibility index (Phi) is 2.82. The van der Waals surface area contributed by atoms with Crippen molar-refractivity contribution in [1.82, 2.24) is 4.90 Å². The molecule has 1 fully saturated rings. The van der Waals surface area contributed by atoms with Crippen LogP contribution in [0.25, 0.3) is 0 Å². The van der Waals surface area contributed by atoms with Gasteiger partial charge in [0.15, 0.2) is 0 Å². The molecule has 3 heteroatoms. The summed E-state index contributed by atoms with van der Waals surface area (Å²) in [4.78, 5) is 16.9. The van der Waals surface area contributed by atoms with E-state index in [4.69, 9.17) is 0 Å². The Hall–Kier alpha value is -2.13. The van der Waals surface area contributed by atoms with Crippen molar-refractivity contribution in [2.45, 2.75) is 25.9 Å². The molecule has 21 heavy (non-hydrogen) atoms. The lowest BCUT2D eigenvalue weighted by Gasteiger charge is -2.28. The van der Waals surface area contributed by atoms with Crippen molar-refractivity contribution in [2.75, 3.05) is 11.6 Å². The van der Waals surface area contributed by atoms with Gasteiger partial charge < -0.3 is 0 Å². The Balaban J connectivity index is 1.64. The lowest BCUT2D eigenvalue weighted by atomic mass is 9.95. The summed E-state index contributed by atoms with van der Waals surface area (Å²) in [5.41, 5.74) is 4.89. The van der Waals surface area contributed by atoms with E-state index in [0.717, 1.165) is 18.7 Å². The Morgan fingerprint density at radius 1 is 1.00 bits per heavy atom. The van der Waals surface area contributed by atoms with Gasteiger partial charge in [0.1, 0.15) is 0 Å². The average molecular weight is 278 g/mol. The van der Waals surface area contributed by atoms with E-state index in [0.29, 0.717) is 6.67 Å². The Morgan fingerprint density at radius 2 is 1.71 bits per heavy atom. The molecule has 0 bridgehead atoms. The second-order valence-corrected chi connectivity index (χ2v) is 5.98. The standard InChI is InChI=1S/C18H18N2O/c1-13-6-8-16(9-7-13)20-12-19-11-15-5-3-2-4-14(15)10-17(19)18(20)21/h2-9,17H,10-12H2,1H3. The van der Waals surface area contributed by atoms with Gasteiger partial charge in [-0.15, -0.1) is 0 Å². The minimum atomic E-state index is 0.00111. The molecule has 1 saturated heterocycles. The molecule has 0 N–H and O–H groups in total. The highest BCUT2D eigenvalue weighted by atomic mass is 16.2. The normalized spacial score (nSPS) is 21.3. The highest BCUT2D eigenvalue weighted by molar-refractivity contribution is 5.99. The summed E-state index contributed by atoms with van der Waals surface area (Å²) in [5, 5.41) is 0. The zero-order chi connectivity index (χ0) is 14.4. The van der Waals surface area contributed by atoms with Gasteiger partial charge >= 0.3 is 0 Å². The zero-order valence-corrected chi connectivity index (χ0v) is 12.1. The van der Waals surface area contributed by atoms with Gasteiger partial charge in [0, 0.05) is 12.2 Å². The van der Waals surface area contributed by atoms with Crippen molar-refractivity contribution in [3.8, 4) is 0 Å². The molecule has 2 aliphatic heterocycles. The number of carbonyl (C=O) groups is 1. The summed E-state index contributed by atoms with van der Waals surface area (Å²) in [7, 11) is 0. The summed E-state index contributed by atoms with van der Waals surface area (Å²) in [6.45, 7) is 3.63. The minimum Gasteiger partial charge on any atom is -0.298 e. The van der Waals surface area contributed by atoms with Gasteiger partial charge in [0.2, 0.25) is 5.91 Å². The summed E-state index contributed by atoms with van der Waals surface area (Å²) in [6.07, 6.45) is 0.831. The fourth-order valence-electron chi connectivity index (χ4n) is 3.33. The number of aryl methyl sites for hydroxylation is 1. The molecule has 0 saturated carbocycles. The van der Waals surface area contributed by atoms with Crippen LogP contribution in [0.5, 0.6) is 0 Å². The van der Waals surface area contributed by atoms with Gasteiger partial charge in [-0.05, 0) is 36.6 Å². The molecule has 2 heterocycles. The fraction of sp³-hybridized carbons (Fsp3) is 0.278. The van der Waals surface area contributed by atoms with Crippen LogP contribution < -0.4 is 4.90 Å². The first-order valence-corrected chi connectivity index (χ1v) is 7.41. The van der Waals surface area contributed by atoms with E-state index in [9.17, 15) is 4.79 Å². The van der Waals surface area contributed by atoms with Crippen LogP contribution in [0.1, 0.15) is 16.7 Å². The van der Waals surface area contributed by atoms with Gasteiger partial charge in [-0.1, -0.05) is 42.0 Å². The molecular weight excluding hydrogens is 260 g/mol. The molecule has 106 valence electrons. The third kappa shape index (κ3) is 2.05. The maximum absolute atomic E-state index is 12.7. The monoisotopic (exact) mass is 278 g/mol. The number of hydrogen-bond acceptors (Lipinski definition) is 2. The molecule has 2 aliphatic rings. The predicted octanol–water partition coefficient (Wildman–Crippen LogP) is 2.73. The maximum Gasteiger partial charge on any atom is 0.245 e. The third-order valence-corrected chi connectivity index (χ3v) is 4.57. The number of anilines is 1. The lowest BCUT2D eigenvalue weighted by molar-refractivity contribution is -0.119. The molecule has 1 atom stereocenters. The molecular formula is C18H18N2O. The average Bonchev–Trinajstić information content (AvgIpc) is 2.82. The van der Waals surface area contributed by atoms with E-state index in [1.54, 1.807) is 0 Å². The summed E-state index contributed by atoms with van der Waals surface area (Å²) in [6, 6.07) is 16.7. The van der Waals surface area contributed by atoms with Gasteiger partial charge in [-0.25, -0.2) is 0 Å². The predicted molar refractivity (Wildman–Crippen MR) is 83.0 cm³/mol. The van der Waals surface area contributed by atoms with Crippen LogP contribution in [-0.4, -0.2) is 23.5 Å². The summed E-state index contributed by atoms with van der Waals surface area (Å²) in [5.74, 6) is 0.230. The van der Waals surface area contributed by atoms with Crippen LogP contribution in [0.4, 0.5) is 5.69 Å². The second-order valence-electron chi connectivity index (χ2n) is 5.98. The minimum absolute atomic E-state index is 0.00111. The molecule has 0 aliphatic carbocycles. The van der Waals surface area contributed by atoms with Crippen molar-refractivity contribution < 1.29 is 4.79 Å². The third-order valence-electron chi connectivity index (χ3n) is 4.57. The number of carbonyl (C=O) groups excluding carboxylic acids is 1. The molecule has 1 amide bonds. The van der Waals surface area contributed by atoms with Gasteiger partial charge in [-0.3, -0.25) is 14.6 Å². The van der Waals surface area contributed by atoms with Gasteiger partial charge in [0.05, 0.1) is 12.7 Å². The van der Waals surface area contributed by atoms with E-state index < -0.39 is 0 Å². The van der Waals surface area contributed by atoms with Crippen LogP contribution in [0.3, 0.4) is 0 Å². The molecule has 0 spiro atoms. The maximum atomic E-state index is 12.7. The number of benzene rings is 2. The van der Waals surface area contributed by atoms with E-state index in [2.05, 4.69) is 48.2 Å². The van der Waals surface area contributed by atoms with Crippen LogP contribution in [0, 0.1) is 6.92 Å². The smallest absolute Gasteiger partial charge is 0.245 e. The molecule has 2 aromatic carbocycles. The summed E-state index contributed by atoms with van der Waals surface area (Å²) >= 11 is 0. The first-order valence-electron chi connectivity index (χ1n) is 7.41. The molecule has 4 rings (SSSR count). The summed E-state index contributed by atoms with van der Waals surface area (Å²) < 4.78 is 0. The first kappa shape index (κ1) is 12.6. The highest BCUT2D eigenvalue weighted by Crippen LogP contribution is 2.31. The van der Waals surface area contributed by atoms with E-state index in [-0.39, 0.29) is 11.9 Å². The fourth-order valence-corrected chi connectivity index (χ4v) is 3.33.